The van der Waals surface area contributed by atoms with Crippen LogP contribution in [0, 0.1) is 0 Å². The van der Waals surface area contributed by atoms with E-state index in [4.69, 9.17) is 11.6 Å². The molecule has 0 aliphatic rings. The van der Waals surface area contributed by atoms with Crippen LogP contribution in [-0.4, -0.2) is 16.8 Å². The molecule has 7 heteroatoms. The van der Waals surface area contributed by atoms with Crippen molar-refractivity contribution >= 4 is 28.8 Å². The number of hydrogen-bond donors (Lipinski definition) is 1. The zero-order valence-electron chi connectivity index (χ0n) is 6.97. The minimum absolute atomic E-state index is 0.138. The summed E-state index contributed by atoms with van der Waals surface area (Å²) in [6.45, 7) is 0.190. The van der Waals surface area contributed by atoms with Crippen LogP contribution in [-0.2, 0) is 11.3 Å². The molecule has 3 nitrogen and oxygen atoms in total. The van der Waals surface area contributed by atoms with Crippen molar-refractivity contribution in [2.75, 3.05) is 5.88 Å². The van der Waals surface area contributed by atoms with Crippen molar-refractivity contribution in [1.29, 1.82) is 0 Å². The Labute approximate surface area is 88.1 Å². The van der Waals surface area contributed by atoms with Gasteiger partial charge >= 0.3 is 0 Å². The van der Waals surface area contributed by atoms with E-state index in [1.54, 1.807) is 0 Å². The molecule has 0 saturated heterocycles. The van der Waals surface area contributed by atoms with Gasteiger partial charge < -0.3 is 5.32 Å². The van der Waals surface area contributed by atoms with Crippen molar-refractivity contribution in [3.63, 3.8) is 0 Å². The van der Waals surface area contributed by atoms with Gasteiger partial charge in [-0.3, -0.25) is 4.79 Å². The van der Waals surface area contributed by atoms with Gasteiger partial charge in [-0.2, -0.15) is 0 Å². The molecule has 1 N–H and O–H groups in total. The normalized spacial score (nSPS) is 10.6. The highest BCUT2D eigenvalue weighted by atomic mass is 35.5. The van der Waals surface area contributed by atoms with Gasteiger partial charge in [-0.1, -0.05) is 0 Å². The minimum Gasteiger partial charge on any atom is -0.350 e. The van der Waals surface area contributed by atoms with Crippen molar-refractivity contribution in [1.82, 2.24) is 10.3 Å². The number of carbonyl (C=O) groups is 1. The van der Waals surface area contributed by atoms with Crippen LogP contribution in [0.4, 0.5) is 8.78 Å². The van der Waals surface area contributed by atoms with E-state index in [0.29, 0.717) is 4.88 Å². The molecule has 0 saturated carbocycles. The summed E-state index contributed by atoms with van der Waals surface area (Å²) in [6, 6.07) is 0. The van der Waals surface area contributed by atoms with E-state index in [0.717, 1.165) is 11.3 Å². The summed E-state index contributed by atoms with van der Waals surface area (Å²) in [7, 11) is 0. The van der Waals surface area contributed by atoms with Gasteiger partial charge in [0, 0.05) is 11.1 Å². The van der Waals surface area contributed by atoms with E-state index in [-0.39, 0.29) is 23.3 Å². The lowest BCUT2D eigenvalue weighted by molar-refractivity contribution is -0.118. The van der Waals surface area contributed by atoms with E-state index >= 15 is 0 Å². The molecule has 0 fully saturated rings. The standard InChI is InChI=1S/C7H7ClF2N2OS/c8-1-5(13)11-2-4-3-12-7(14-4)6(9)10/h3,6H,1-2H2,(H,11,13). The van der Waals surface area contributed by atoms with E-state index in [1.807, 2.05) is 0 Å². The lowest BCUT2D eigenvalue weighted by Gasteiger charge is -1.98. The number of alkyl halides is 3. The third-order valence-corrected chi connectivity index (χ3v) is 2.59. The summed E-state index contributed by atoms with van der Waals surface area (Å²) in [5.74, 6) is -0.473. The fourth-order valence-corrected chi connectivity index (χ4v) is 1.55. The Morgan fingerprint density at radius 3 is 2.93 bits per heavy atom. The largest absolute Gasteiger partial charge is 0.350 e. The van der Waals surface area contributed by atoms with Crippen LogP contribution in [0.3, 0.4) is 0 Å². The maximum absolute atomic E-state index is 12.1. The Hall–Kier alpha value is -0.750. The van der Waals surface area contributed by atoms with Gasteiger partial charge in [0.1, 0.15) is 5.88 Å². The van der Waals surface area contributed by atoms with Gasteiger partial charge in [0.15, 0.2) is 5.01 Å². The predicted molar refractivity (Wildman–Crippen MR) is 49.6 cm³/mol. The second kappa shape index (κ2) is 5.21. The number of thiazole rings is 1. The molecule has 0 atom stereocenters. The van der Waals surface area contributed by atoms with Gasteiger partial charge in [0.25, 0.3) is 6.43 Å². The predicted octanol–water partition coefficient (Wildman–Crippen LogP) is 1.94. The summed E-state index contributed by atoms with van der Waals surface area (Å²) in [5.41, 5.74) is 0. The Morgan fingerprint density at radius 1 is 1.71 bits per heavy atom. The zero-order valence-corrected chi connectivity index (χ0v) is 8.54. The SMILES string of the molecule is O=C(CCl)NCc1cnc(C(F)F)s1. The van der Waals surface area contributed by atoms with Gasteiger partial charge in [-0.05, 0) is 0 Å². The quantitative estimate of drug-likeness (QED) is 0.818. The van der Waals surface area contributed by atoms with E-state index < -0.39 is 6.43 Å². The first-order chi connectivity index (χ1) is 6.63. The number of rotatable bonds is 4. The third kappa shape index (κ3) is 3.19. The topological polar surface area (TPSA) is 42.0 Å². The summed E-state index contributed by atoms with van der Waals surface area (Å²) >= 11 is 6.10. The van der Waals surface area contributed by atoms with Crippen molar-refractivity contribution < 1.29 is 13.6 Å². The molecule has 78 valence electrons. The second-order valence-electron chi connectivity index (χ2n) is 2.38. The fraction of sp³-hybridized carbons (Fsp3) is 0.429. The first-order valence-electron chi connectivity index (χ1n) is 3.69. The van der Waals surface area contributed by atoms with Gasteiger partial charge in [0.2, 0.25) is 5.91 Å². The molecule has 0 bridgehead atoms. The summed E-state index contributed by atoms with van der Waals surface area (Å²) in [4.78, 5) is 14.8. The number of amides is 1. The molecule has 0 unspecified atom stereocenters. The molecule has 0 aliphatic heterocycles. The van der Waals surface area contributed by atoms with Crippen LogP contribution < -0.4 is 5.32 Å². The molecule has 0 spiro atoms. The van der Waals surface area contributed by atoms with E-state index in [1.165, 1.54) is 6.20 Å². The average Bonchev–Trinajstić information content (AvgIpc) is 2.62. The first kappa shape index (κ1) is 11.3. The number of hydrogen-bond acceptors (Lipinski definition) is 3. The van der Waals surface area contributed by atoms with Gasteiger partial charge in [0.05, 0.1) is 6.54 Å². The van der Waals surface area contributed by atoms with Crippen LogP contribution in [0.5, 0.6) is 0 Å². The number of nitrogens with zero attached hydrogens (tertiary/aromatic N) is 1. The van der Waals surface area contributed by atoms with Crippen LogP contribution in [0.1, 0.15) is 16.3 Å². The molecule has 14 heavy (non-hydrogen) atoms. The van der Waals surface area contributed by atoms with Crippen molar-refractivity contribution in [3.8, 4) is 0 Å². The molecule has 1 aromatic rings. The number of aromatic nitrogens is 1. The third-order valence-electron chi connectivity index (χ3n) is 1.34. The first-order valence-corrected chi connectivity index (χ1v) is 5.04. The smallest absolute Gasteiger partial charge is 0.289 e. The maximum Gasteiger partial charge on any atom is 0.289 e. The Bertz CT molecular complexity index is 318. The average molecular weight is 241 g/mol. The van der Waals surface area contributed by atoms with Crippen molar-refractivity contribution in [3.05, 3.63) is 16.1 Å². The molecule has 1 amide bonds. The number of halogens is 3. The lowest BCUT2D eigenvalue weighted by atomic mass is 10.5. The highest BCUT2D eigenvalue weighted by Gasteiger charge is 2.12. The summed E-state index contributed by atoms with van der Waals surface area (Å²) in [5, 5.41) is 2.22. The van der Waals surface area contributed by atoms with Crippen LogP contribution in [0.2, 0.25) is 0 Å². The molecule has 1 aromatic heterocycles. The summed E-state index contributed by atoms with van der Waals surface area (Å²) in [6.07, 6.45) is -1.24. The monoisotopic (exact) mass is 240 g/mol. The maximum atomic E-state index is 12.1. The zero-order chi connectivity index (χ0) is 10.6. The molecule has 0 aliphatic carbocycles. The second-order valence-corrected chi connectivity index (χ2v) is 3.79. The molecule has 1 heterocycles. The van der Waals surface area contributed by atoms with Gasteiger partial charge in [-0.25, -0.2) is 13.8 Å². The Morgan fingerprint density at radius 2 is 2.43 bits per heavy atom. The van der Waals surface area contributed by atoms with Crippen molar-refractivity contribution in [2.45, 2.75) is 13.0 Å². The highest BCUT2D eigenvalue weighted by molar-refractivity contribution is 7.11. The van der Waals surface area contributed by atoms with E-state index in [9.17, 15) is 13.6 Å². The van der Waals surface area contributed by atoms with Gasteiger partial charge in [-0.15, -0.1) is 22.9 Å². The van der Waals surface area contributed by atoms with Crippen molar-refractivity contribution in [2.24, 2.45) is 0 Å². The lowest BCUT2D eigenvalue weighted by Crippen LogP contribution is -2.23. The summed E-state index contributed by atoms with van der Waals surface area (Å²) < 4.78 is 24.2. The van der Waals surface area contributed by atoms with Crippen LogP contribution in [0.15, 0.2) is 6.20 Å². The number of carbonyl (C=O) groups excluding carboxylic acids is 1. The molecule has 0 radical (unpaired) electrons. The minimum atomic E-state index is -2.56. The van der Waals surface area contributed by atoms with Crippen LogP contribution in [0.25, 0.3) is 0 Å². The molecule has 1 rings (SSSR count). The highest BCUT2D eigenvalue weighted by Crippen LogP contribution is 2.23. The van der Waals surface area contributed by atoms with Crippen LogP contribution >= 0.6 is 22.9 Å². The number of nitrogens with one attached hydrogen (secondary N) is 1. The molecular weight excluding hydrogens is 234 g/mol. The Kier molecular flexibility index (Phi) is 4.21. The molecular formula is C7H7ClF2N2OS. The molecule has 0 aromatic carbocycles. The van der Waals surface area contributed by atoms with E-state index in [2.05, 4.69) is 10.3 Å². The fourth-order valence-electron chi connectivity index (χ4n) is 0.738. The Balaban J connectivity index is 2.48.